The van der Waals surface area contributed by atoms with Gasteiger partial charge in [-0.15, -0.1) is 0 Å². The van der Waals surface area contributed by atoms with Crippen molar-refractivity contribution in [3.05, 3.63) is 155 Å². The maximum absolute atomic E-state index is 14.1. The van der Waals surface area contributed by atoms with Gasteiger partial charge in [0, 0.05) is 21.7 Å². The molecule has 42 heavy (non-hydrogen) atoms. The van der Waals surface area contributed by atoms with Gasteiger partial charge in [-0.2, -0.15) is 0 Å². The molecule has 0 radical (unpaired) electrons. The summed E-state index contributed by atoms with van der Waals surface area (Å²) in [6.07, 6.45) is 3.67. The fourth-order valence-electron chi connectivity index (χ4n) is 5.78. The zero-order chi connectivity index (χ0) is 28.6. The van der Waals surface area contributed by atoms with Gasteiger partial charge in [-0.1, -0.05) is 95.7 Å². The lowest BCUT2D eigenvalue weighted by Gasteiger charge is -2.31. The van der Waals surface area contributed by atoms with Gasteiger partial charge in [-0.25, -0.2) is 4.99 Å². The number of ether oxygens (including phenoxy) is 2. The van der Waals surface area contributed by atoms with Crippen LogP contribution in [0.3, 0.4) is 0 Å². The highest BCUT2D eigenvalue weighted by atomic mass is 35.5. The lowest BCUT2D eigenvalue weighted by Crippen LogP contribution is -2.38. The number of fused-ring (bicyclic) bond motifs is 3. The van der Waals surface area contributed by atoms with Crippen molar-refractivity contribution in [2.75, 3.05) is 7.11 Å². The molecule has 1 atom stereocenters. The average molecular weight is 591 g/mol. The van der Waals surface area contributed by atoms with Crippen molar-refractivity contribution in [3.63, 3.8) is 0 Å². The van der Waals surface area contributed by atoms with E-state index in [9.17, 15) is 4.79 Å². The molecular weight excluding hydrogens is 564 g/mol. The minimum atomic E-state index is -0.288. The first-order valence-corrected chi connectivity index (χ1v) is 15.0. The largest absolute Gasteiger partial charge is 0.496 e. The standard InChI is InChI=1S/C35H27ClN2O3S/c1-40-30-13-7-5-11-27(30)33-28-19-16-23-8-2-4-10-26(23)32(28)37-35-38(33)34(39)31(42-35)20-22-14-17-25(18-15-22)41-21-24-9-3-6-12-29(24)36/h2-15,17-18,20,33H,16,19,21H2,1H3/b31-20+/t33-/m1/s1. The summed E-state index contributed by atoms with van der Waals surface area (Å²) in [6, 6.07) is 31.5. The van der Waals surface area contributed by atoms with E-state index < -0.39 is 0 Å². The molecule has 208 valence electrons. The van der Waals surface area contributed by atoms with Gasteiger partial charge < -0.3 is 9.47 Å². The summed E-state index contributed by atoms with van der Waals surface area (Å²) in [5, 5.41) is 0.682. The molecule has 0 bridgehead atoms. The van der Waals surface area contributed by atoms with Crippen LogP contribution in [-0.4, -0.2) is 11.7 Å². The van der Waals surface area contributed by atoms with E-state index in [1.165, 1.54) is 16.9 Å². The van der Waals surface area contributed by atoms with E-state index in [0.717, 1.165) is 57.9 Å². The lowest BCUT2D eigenvalue weighted by atomic mass is 9.83. The van der Waals surface area contributed by atoms with Crippen LogP contribution in [0.5, 0.6) is 11.5 Å². The zero-order valence-electron chi connectivity index (χ0n) is 22.9. The number of halogens is 1. The van der Waals surface area contributed by atoms with Crippen molar-refractivity contribution in [1.29, 1.82) is 0 Å². The van der Waals surface area contributed by atoms with Gasteiger partial charge in [-0.05, 0) is 59.9 Å². The summed E-state index contributed by atoms with van der Waals surface area (Å²) < 4.78 is 14.2. The van der Waals surface area contributed by atoms with Gasteiger partial charge in [0.2, 0.25) is 0 Å². The molecule has 5 nitrogen and oxygen atoms in total. The number of para-hydroxylation sites is 1. The number of allylic oxidation sites excluding steroid dienone is 1. The molecule has 5 aromatic rings. The Hall–Kier alpha value is -4.39. The minimum Gasteiger partial charge on any atom is -0.496 e. The summed E-state index contributed by atoms with van der Waals surface area (Å²) in [5.74, 6) is 1.49. The maximum Gasteiger partial charge on any atom is 0.271 e. The van der Waals surface area contributed by atoms with Crippen LogP contribution in [0, 0.1) is 0 Å². The van der Waals surface area contributed by atoms with Crippen LogP contribution in [0.25, 0.3) is 11.8 Å². The molecule has 7 heteroatoms. The van der Waals surface area contributed by atoms with E-state index in [2.05, 4.69) is 30.3 Å². The van der Waals surface area contributed by atoms with Crippen molar-refractivity contribution in [1.82, 2.24) is 4.57 Å². The van der Waals surface area contributed by atoms with Gasteiger partial charge in [0.05, 0.1) is 23.4 Å². The summed E-state index contributed by atoms with van der Waals surface area (Å²) in [4.78, 5) is 19.9. The predicted molar refractivity (Wildman–Crippen MR) is 168 cm³/mol. The van der Waals surface area contributed by atoms with Crippen molar-refractivity contribution < 1.29 is 9.47 Å². The van der Waals surface area contributed by atoms with Gasteiger partial charge >= 0.3 is 0 Å². The molecule has 0 fully saturated rings. The average Bonchev–Trinajstić information content (AvgIpc) is 3.34. The Labute approximate surface area is 252 Å². The fraction of sp³-hybridized carbons (Fsp3) is 0.143. The van der Waals surface area contributed by atoms with E-state index in [1.807, 2.05) is 77.4 Å². The third-order valence-electron chi connectivity index (χ3n) is 7.84. The summed E-state index contributed by atoms with van der Waals surface area (Å²) in [5.41, 5.74) is 7.30. The van der Waals surface area contributed by atoms with Gasteiger partial charge in [-0.3, -0.25) is 9.36 Å². The lowest BCUT2D eigenvalue weighted by molar-refractivity contribution is 0.306. The van der Waals surface area contributed by atoms with Crippen LogP contribution < -0.4 is 24.4 Å². The molecule has 0 unspecified atom stereocenters. The van der Waals surface area contributed by atoms with Crippen LogP contribution >= 0.6 is 22.9 Å². The highest BCUT2D eigenvalue weighted by Gasteiger charge is 2.33. The minimum absolute atomic E-state index is 0.0564. The second-order valence-electron chi connectivity index (χ2n) is 10.3. The van der Waals surface area contributed by atoms with Crippen LogP contribution in [0.1, 0.15) is 40.3 Å². The first-order valence-electron chi connectivity index (χ1n) is 13.8. The Kier molecular flexibility index (Phi) is 7.02. The second kappa shape index (κ2) is 11.1. The van der Waals surface area contributed by atoms with Crippen LogP contribution in [0.2, 0.25) is 5.02 Å². The number of aryl methyl sites for hydroxylation is 1. The van der Waals surface area contributed by atoms with E-state index >= 15 is 0 Å². The molecule has 0 saturated heterocycles. The Morgan fingerprint density at radius 3 is 2.55 bits per heavy atom. The Morgan fingerprint density at radius 1 is 0.952 bits per heavy atom. The SMILES string of the molecule is COc1ccccc1[C@@H]1C2=C(N=c3s/c(=C/c4ccc(OCc5ccccc5Cl)cc4)c(=O)n31)c1ccccc1CC2. The number of thiazole rings is 1. The van der Waals surface area contributed by atoms with Crippen LogP contribution in [-0.2, 0) is 13.0 Å². The first kappa shape index (κ1) is 26.5. The topological polar surface area (TPSA) is 52.8 Å². The van der Waals surface area contributed by atoms with E-state index in [-0.39, 0.29) is 11.6 Å². The number of hydrogen-bond donors (Lipinski definition) is 0. The molecular formula is C35H27ClN2O3S. The quantitative estimate of drug-likeness (QED) is 0.225. The molecule has 1 aromatic heterocycles. The third kappa shape index (κ3) is 4.77. The highest BCUT2D eigenvalue weighted by Crippen LogP contribution is 2.43. The van der Waals surface area contributed by atoms with Crippen molar-refractivity contribution >= 4 is 34.7 Å². The summed E-state index contributed by atoms with van der Waals surface area (Å²) in [6.45, 7) is 0.383. The van der Waals surface area contributed by atoms with E-state index in [1.54, 1.807) is 7.11 Å². The molecule has 0 spiro atoms. The molecule has 0 saturated carbocycles. The Morgan fingerprint density at radius 2 is 1.71 bits per heavy atom. The van der Waals surface area contributed by atoms with Gasteiger partial charge in [0.1, 0.15) is 18.1 Å². The number of benzene rings is 4. The number of aromatic nitrogens is 1. The zero-order valence-corrected chi connectivity index (χ0v) is 24.5. The molecule has 4 aromatic carbocycles. The Balaban J connectivity index is 1.29. The molecule has 0 amide bonds. The van der Waals surface area contributed by atoms with Crippen molar-refractivity contribution in [2.24, 2.45) is 4.99 Å². The van der Waals surface area contributed by atoms with Crippen LogP contribution in [0.4, 0.5) is 0 Å². The van der Waals surface area contributed by atoms with Crippen molar-refractivity contribution in [2.45, 2.75) is 25.5 Å². The first-order chi connectivity index (χ1) is 20.6. The fourth-order valence-corrected chi connectivity index (χ4v) is 6.97. The maximum atomic E-state index is 14.1. The molecule has 1 aliphatic heterocycles. The normalized spacial score (nSPS) is 15.9. The number of methoxy groups -OCH3 is 1. The Bertz CT molecular complexity index is 2020. The molecule has 1 aliphatic carbocycles. The number of hydrogen-bond acceptors (Lipinski definition) is 5. The number of nitrogens with zero attached hydrogens (tertiary/aromatic N) is 2. The predicted octanol–water partition coefficient (Wildman–Crippen LogP) is 6.56. The highest BCUT2D eigenvalue weighted by molar-refractivity contribution is 7.07. The summed E-state index contributed by atoms with van der Waals surface area (Å²) >= 11 is 7.68. The third-order valence-corrected chi connectivity index (χ3v) is 9.19. The second-order valence-corrected chi connectivity index (χ2v) is 11.7. The van der Waals surface area contributed by atoms with E-state index in [0.29, 0.717) is 21.0 Å². The molecule has 2 aliphatic rings. The molecule has 2 heterocycles. The smallest absolute Gasteiger partial charge is 0.271 e. The molecule has 7 rings (SSSR count). The monoisotopic (exact) mass is 590 g/mol. The molecule has 0 N–H and O–H groups in total. The van der Waals surface area contributed by atoms with Gasteiger partial charge in [0.15, 0.2) is 4.80 Å². The van der Waals surface area contributed by atoms with E-state index in [4.69, 9.17) is 26.1 Å². The van der Waals surface area contributed by atoms with Crippen LogP contribution in [0.15, 0.2) is 112 Å². The number of rotatable bonds is 6. The van der Waals surface area contributed by atoms with Crippen molar-refractivity contribution in [3.8, 4) is 11.5 Å². The van der Waals surface area contributed by atoms with Gasteiger partial charge in [0.25, 0.3) is 5.56 Å². The summed E-state index contributed by atoms with van der Waals surface area (Å²) in [7, 11) is 1.68.